The van der Waals surface area contributed by atoms with Crippen LogP contribution in [0.25, 0.3) is 11.6 Å². The lowest BCUT2D eigenvalue weighted by atomic mass is 9.92. The molecule has 0 radical (unpaired) electrons. The second-order valence-electron chi connectivity index (χ2n) is 5.98. The number of nitriles is 1. The van der Waals surface area contributed by atoms with Gasteiger partial charge in [0.25, 0.3) is 5.91 Å². The molecule has 0 fully saturated rings. The number of ether oxygens (including phenoxy) is 1. The van der Waals surface area contributed by atoms with Crippen LogP contribution in [0.5, 0.6) is 5.75 Å². The van der Waals surface area contributed by atoms with Gasteiger partial charge in [0.1, 0.15) is 17.4 Å². The smallest absolute Gasteiger partial charge is 0.280 e. The Hall–Kier alpha value is -3.85. The van der Waals surface area contributed by atoms with Gasteiger partial charge in [-0.15, -0.1) is 0 Å². The fourth-order valence-electron chi connectivity index (χ4n) is 3.04. The van der Waals surface area contributed by atoms with Crippen LogP contribution in [0.4, 0.5) is 0 Å². The van der Waals surface area contributed by atoms with Crippen LogP contribution in [0.3, 0.4) is 0 Å². The van der Waals surface area contributed by atoms with E-state index in [4.69, 9.17) is 16.2 Å². The van der Waals surface area contributed by atoms with Gasteiger partial charge < -0.3 is 16.2 Å². The Balaban J connectivity index is 2.03. The molecule has 2 aromatic carbocycles. The third-order valence-corrected chi connectivity index (χ3v) is 4.28. The molecule has 2 aromatic rings. The maximum atomic E-state index is 12.1. The van der Waals surface area contributed by atoms with E-state index in [1.807, 2.05) is 36.4 Å². The van der Waals surface area contributed by atoms with Crippen LogP contribution in [-0.4, -0.2) is 19.0 Å². The standard InChI is InChI=1S/C21H18N4O2/c1-27-19-7-3-6-17(18(19)12-22)14-5-2-4-13-8-9-15(11-16(13)10-14)20(26)25-21(23)24/h2-9,11H,10H2,1H3,(H4,23,24,25,26). The van der Waals surface area contributed by atoms with Gasteiger partial charge in [-0.2, -0.15) is 10.3 Å². The third-order valence-electron chi connectivity index (χ3n) is 4.28. The first-order valence-electron chi connectivity index (χ1n) is 8.25. The molecule has 0 saturated heterocycles. The number of rotatable bonds is 3. The molecule has 6 nitrogen and oxygen atoms in total. The largest absolute Gasteiger partial charge is 0.495 e. The van der Waals surface area contributed by atoms with Gasteiger partial charge in [-0.1, -0.05) is 36.4 Å². The number of hydrogen-bond acceptors (Lipinski definition) is 3. The molecule has 4 N–H and O–H groups in total. The molecule has 0 aliphatic heterocycles. The second kappa shape index (κ2) is 7.58. The number of aliphatic imine (C=N–C) groups is 1. The summed E-state index contributed by atoms with van der Waals surface area (Å²) in [5.74, 6) is -0.234. The number of methoxy groups -OCH3 is 1. The highest BCUT2D eigenvalue weighted by atomic mass is 16.5. The van der Waals surface area contributed by atoms with Crippen molar-refractivity contribution in [1.29, 1.82) is 5.26 Å². The Kier molecular flexibility index (Phi) is 5.04. The highest BCUT2D eigenvalue weighted by molar-refractivity contribution is 6.02. The lowest BCUT2D eigenvalue weighted by Gasteiger charge is -2.13. The number of carbonyl (C=O) groups is 1. The predicted molar refractivity (Wildman–Crippen MR) is 105 cm³/mol. The maximum Gasteiger partial charge on any atom is 0.280 e. The summed E-state index contributed by atoms with van der Waals surface area (Å²) < 4.78 is 5.31. The molecule has 3 rings (SSSR count). The molecule has 1 aliphatic rings. The molecule has 1 amide bonds. The lowest BCUT2D eigenvalue weighted by Crippen LogP contribution is -2.24. The molecular weight excluding hydrogens is 340 g/mol. The molecule has 0 saturated carbocycles. The van der Waals surface area contributed by atoms with Crippen molar-refractivity contribution in [2.45, 2.75) is 6.42 Å². The van der Waals surface area contributed by atoms with E-state index in [1.165, 1.54) is 7.11 Å². The number of guanidine groups is 1. The highest BCUT2D eigenvalue weighted by Gasteiger charge is 2.16. The van der Waals surface area contributed by atoms with Gasteiger partial charge in [0.2, 0.25) is 0 Å². The van der Waals surface area contributed by atoms with Gasteiger partial charge in [0.15, 0.2) is 5.96 Å². The zero-order chi connectivity index (χ0) is 19.4. The summed E-state index contributed by atoms with van der Waals surface area (Å²) in [4.78, 5) is 15.7. The minimum Gasteiger partial charge on any atom is -0.495 e. The topological polar surface area (TPSA) is 114 Å². The van der Waals surface area contributed by atoms with E-state index in [1.54, 1.807) is 18.2 Å². The maximum absolute atomic E-state index is 12.1. The first-order chi connectivity index (χ1) is 13.0. The van der Waals surface area contributed by atoms with E-state index in [0.717, 1.165) is 22.3 Å². The average Bonchev–Trinajstić information content (AvgIpc) is 2.88. The Morgan fingerprint density at radius 3 is 2.78 bits per heavy atom. The molecule has 0 spiro atoms. The molecule has 6 heteroatoms. The molecule has 0 bridgehead atoms. The van der Waals surface area contributed by atoms with Crippen LogP contribution in [0.15, 0.2) is 53.5 Å². The summed E-state index contributed by atoms with van der Waals surface area (Å²) in [5, 5.41) is 9.57. The van der Waals surface area contributed by atoms with Crippen LogP contribution < -0.4 is 16.2 Å². The summed E-state index contributed by atoms with van der Waals surface area (Å²) in [7, 11) is 1.54. The van der Waals surface area contributed by atoms with Gasteiger partial charge >= 0.3 is 0 Å². The zero-order valence-electron chi connectivity index (χ0n) is 14.8. The lowest BCUT2D eigenvalue weighted by molar-refractivity contribution is 0.100. The molecule has 27 heavy (non-hydrogen) atoms. The van der Waals surface area contributed by atoms with Crippen LogP contribution >= 0.6 is 0 Å². The van der Waals surface area contributed by atoms with E-state index in [2.05, 4.69) is 11.1 Å². The van der Waals surface area contributed by atoms with E-state index in [0.29, 0.717) is 23.3 Å². The third kappa shape index (κ3) is 3.72. The van der Waals surface area contributed by atoms with Crippen molar-refractivity contribution in [1.82, 2.24) is 0 Å². The van der Waals surface area contributed by atoms with E-state index < -0.39 is 5.91 Å². The van der Waals surface area contributed by atoms with Gasteiger partial charge in [-0.25, -0.2) is 0 Å². The molecule has 0 unspecified atom stereocenters. The minimum absolute atomic E-state index is 0.273. The van der Waals surface area contributed by atoms with Gasteiger partial charge in [-0.3, -0.25) is 4.79 Å². The van der Waals surface area contributed by atoms with Gasteiger partial charge in [0, 0.05) is 5.56 Å². The molecule has 0 heterocycles. The molecular formula is C21H18N4O2. The molecule has 1 aliphatic carbocycles. The first-order valence-corrected chi connectivity index (χ1v) is 8.25. The number of amides is 1. The number of fused-ring (bicyclic) bond motifs is 1. The van der Waals surface area contributed by atoms with Crippen molar-refractivity contribution in [3.8, 4) is 11.8 Å². The predicted octanol–water partition coefficient (Wildman–Crippen LogP) is 2.63. The van der Waals surface area contributed by atoms with Gasteiger partial charge in [0.05, 0.1) is 7.11 Å². The number of allylic oxidation sites excluding steroid dienone is 3. The summed E-state index contributed by atoms with van der Waals surface area (Å²) >= 11 is 0. The van der Waals surface area contributed by atoms with Gasteiger partial charge in [-0.05, 0) is 46.9 Å². The second-order valence-corrected chi connectivity index (χ2v) is 5.98. The number of hydrogen-bond donors (Lipinski definition) is 2. The van der Waals surface area contributed by atoms with Crippen LogP contribution in [0.1, 0.15) is 32.6 Å². The number of nitrogens with two attached hydrogens (primary N) is 2. The Bertz CT molecular complexity index is 1040. The normalized spacial score (nSPS) is 12.2. The average molecular weight is 358 g/mol. The van der Waals surface area contributed by atoms with Crippen molar-refractivity contribution >= 4 is 23.5 Å². The summed E-state index contributed by atoms with van der Waals surface area (Å²) in [6.07, 6.45) is 6.41. The first kappa shape index (κ1) is 18.0. The van der Waals surface area contributed by atoms with Crippen LogP contribution in [0.2, 0.25) is 0 Å². The van der Waals surface area contributed by atoms with Crippen molar-refractivity contribution < 1.29 is 9.53 Å². The van der Waals surface area contributed by atoms with Crippen LogP contribution in [-0.2, 0) is 6.42 Å². The quantitative estimate of drug-likeness (QED) is 0.646. The summed E-state index contributed by atoms with van der Waals surface area (Å²) in [6, 6.07) is 13.0. The highest BCUT2D eigenvalue weighted by Crippen LogP contribution is 2.32. The fourth-order valence-corrected chi connectivity index (χ4v) is 3.04. The van der Waals surface area contributed by atoms with Crippen LogP contribution in [0, 0.1) is 11.3 Å². The van der Waals surface area contributed by atoms with Crippen molar-refractivity contribution in [3.05, 3.63) is 76.4 Å². The summed E-state index contributed by atoms with van der Waals surface area (Å²) in [5.41, 5.74) is 15.2. The zero-order valence-corrected chi connectivity index (χ0v) is 14.8. The molecule has 0 aromatic heterocycles. The van der Waals surface area contributed by atoms with Crippen molar-refractivity contribution in [2.24, 2.45) is 16.5 Å². The fraction of sp³-hybridized carbons (Fsp3) is 0.0952. The monoisotopic (exact) mass is 358 g/mol. The van der Waals surface area contributed by atoms with Crippen molar-refractivity contribution in [3.63, 3.8) is 0 Å². The number of carbonyl (C=O) groups excluding carboxylic acids is 1. The van der Waals surface area contributed by atoms with E-state index in [9.17, 15) is 10.1 Å². The molecule has 134 valence electrons. The van der Waals surface area contributed by atoms with Crippen molar-refractivity contribution in [2.75, 3.05) is 7.11 Å². The Morgan fingerprint density at radius 2 is 2.07 bits per heavy atom. The van der Waals surface area contributed by atoms with E-state index in [-0.39, 0.29) is 5.96 Å². The number of nitrogens with zero attached hydrogens (tertiary/aromatic N) is 2. The molecule has 0 atom stereocenters. The Labute approximate surface area is 157 Å². The summed E-state index contributed by atoms with van der Waals surface area (Å²) in [6.45, 7) is 0. The Morgan fingerprint density at radius 1 is 1.26 bits per heavy atom. The number of benzene rings is 2. The SMILES string of the molecule is COc1cccc(C2=CC=Cc3ccc(C(=O)N=C(N)N)cc3C2)c1C#N. The minimum atomic E-state index is -0.490. The van der Waals surface area contributed by atoms with E-state index >= 15 is 0 Å².